The number of hydrogen-bond donors (Lipinski definition) is 1. The molecular weight excluding hydrogens is 426 g/mol. The lowest BCUT2D eigenvalue weighted by Gasteiger charge is -2.31. The van der Waals surface area contributed by atoms with E-state index in [9.17, 15) is 14.0 Å². The Labute approximate surface area is 187 Å². The molecule has 162 valence electrons. The number of benzene rings is 2. The van der Waals surface area contributed by atoms with E-state index in [1.54, 1.807) is 24.3 Å². The quantitative estimate of drug-likeness (QED) is 0.490. The van der Waals surface area contributed by atoms with E-state index in [2.05, 4.69) is 5.32 Å². The Morgan fingerprint density at radius 2 is 1.77 bits per heavy atom. The molecule has 1 atom stereocenters. The van der Waals surface area contributed by atoms with Gasteiger partial charge >= 0.3 is 0 Å². The first-order valence-electron chi connectivity index (χ1n) is 10.1. The first-order chi connectivity index (χ1) is 14.4. The molecule has 0 aliphatic carbocycles. The lowest BCUT2D eigenvalue weighted by Crippen LogP contribution is -2.49. The smallest absolute Gasteiger partial charge is 0.242 e. The molecule has 0 fully saturated rings. The Hall–Kier alpha value is -2.11. The van der Waals surface area contributed by atoms with E-state index in [0.717, 1.165) is 12.8 Å². The van der Waals surface area contributed by atoms with Gasteiger partial charge in [0.25, 0.3) is 0 Å². The summed E-state index contributed by atoms with van der Waals surface area (Å²) in [6, 6.07) is 10.8. The summed E-state index contributed by atoms with van der Waals surface area (Å²) < 4.78 is 14.3. The highest BCUT2D eigenvalue weighted by molar-refractivity contribution is 6.31. The van der Waals surface area contributed by atoms with Gasteiger partial charge in [0.2, 0.25) is 11.8 Å². The SMILES string of the molecule is CCCCNC(=O)[C@H](CC)N(Cc1ccccc1Cl)C(=O)Cc1c(F)cccc1Cl. The van der Waals surface area contributed by atoms with Gasteiger partial charge in [0.05, 0.1) is 6.42 Å². The molecule has 0 spiro atoms. The number of halogens is 3. The Balaban J connectivity index is 2.32. The predicted octanol–water partition coefficient (Wildman–Crippen LogP) is 5.40. The zero-order valence-electron chi connectivity index (χ0n) is 17.3. The third-order valence-electron chi connectivity index (χ3n) is 4.90. The number of rotatable bonds is 10. The Morgan fingerprint density at radius 1 is 1.07 bits per heavy atom. The molecule has 30 heavy (non-hydrogen) atoms. The van der Waals surface area contributed by atoms with Crippen LogP contribution in [0.15, 0.2) is 42.5 Å². The second-order valence-electron chi connectivity index (χ2n) is 7.06. The van der Waals surface area contributed by atoms with Crippen LogP contribution in [-0.4, -0.2) is 29.3 Å². The van der Waals surface area contributed by atoms with Crippen molar-refractivity contribution in [2.45, 2.75) is 52.1 Å². The number of nitrogens with one attached hydrogen (secondary N) is 1. The van der Waals surface area contributed by atoms with Crippen molar-refractivity contribution in [1.82, 2.24) is 10.2 Å². The van der Waals surface area contributed by atoms with Crippen LogP contribution in [0.2, 0.25) is 10.0 Å². The van der Waals surface area contributed by atoms with Crippen LogP contribution in [0.4, 0.5) is 4.39 Å². The zero-order chi connectivity index (χ0) is 22.1. The average molecular weight is 453 g/mol. The minimum Gasteiger partial charge on any atom is -0.354 e. The van der Waals surface area contributed by atoms with Gasteiger partial charge in [-0.2, -0.15) is 0 Å². The van der Waals surface area contributed by atoms with Crippen molar-refractivity contribution >= 4 is 35.0 Å². The topological polar surface area (TPSA) is 49.4 Å². The average Bonchev–Trinajstić information content (AvgIpc) is 2.72. The van der Waals surface area contributed by atoms with Crippen LogP contribution in [0.3, 0.4) is 0 Å². The van der Waals surface area contributed by atoms with Gasteiger partial charge in [0.1, 0.15) is 11.9 Å². The molecule has 2 aromatic carbocycles. The van der Waals surface area contributed by atoms with Gasteiger partial charge in [-0.15, -0.1) is 0 Å². The van der Waals surface area contributed by atoms with E-state index >= 15 is 0 Å². The summed E-state index contributed by atoms with van der Waals surface area (Å²) in [6.45, 7) is 4.56. The fourth-order valence-corrected chi connectivity index (χ4v) is 3.62. The van der Waals surface area contributed by atoms with Crippen molar-refractivity contribution in [3.05, 3.63) is 69.5 Å². The molecule has 7 heteroatoms. The summed E-state index contributed by atoms with van der Waals surface area (Å²) in [5.41, 5.74) is 0.835. The second-order valence-corrected chi connectivity index (χ2v) is 7.87. The van der Waals surface area contributed by atoms with Crippen LogP contribution in [-0.2, 0) is 22.6 Å². The minimum absolute atomic E-state index is 0.120. The number of unbranched alkanes of at least 4 members (excludes halogenated alkanes) is 1. The van der Waals surface area contributed by atoms with Crippen molar-refractivity contribution in [2.24, 2.45) is 0 Å². The maximum Gasteiger partial charge on any atom is 0.242 e. The van der Waals surface area contributed by atoms with Crippen molar-refractivity contribution in [3.8, 4) is 0 Å². The number of amides is 2. The molecule has 2 rings (SSSR count). The fraction of sp³-hybridized carbons (Fsp3) is 0.391. The molecule has 0 radical (unpaired) electrons. The molecule has 0 aromatic heterocycles. The summed E-state index contributed by atoms with van der Waals surface area (Å²) in [4.78, 5) is 27.5. The summed E-state index contributed by atoms with van der Waals surface area (Å²) >= 11 is 12.4. The first kappa shape index (κ1) is 24.2. The van der Waals surface area contributed by atoms with Gasteiger partial charge in [-0.05, 0) is 36.6 Å². The van der Waals surface area contributed by atoms with E-state index in [0.29, 0.717) is 23.6 Å². The number of nitrogens with zero attached hydrogens (tertiary/aromatic N) is 1. The maximum atomic E-state index is 14.3. The highest BCUT2D eigenvalue weighted by Crippen LogP contribution is 2.23. The monoisotopic (exact) mass is 452 g/mol. The lowest BCUT2D eigenvalue weighted by molar-refractivity contribution is -0.141. The molecule has 0 heterocycles. The second kappa shape index (κ2) is 11.9. The Bertz CT molecular complexity index is 856. The summed E-state index contributed by atoms with van der Waals surface area (Å²) in [6.07, 6.45) is 1.98. The molecule has 1 N–H and O–H groups in total. The number of carbonyl (C=O) groups excluding carboxylic acids is 2. The van der Waals surface area contributed by atoms with Gasteiger partial charge in [-0.3, -0.25) is 9.59 Å². The number of hydrogen-bond acceptors (Lipinski definition) is 2. The third-order valence-corrected chi connectivity index (χ3v) is 5.63. The first-order valence-corrected chi connectivity index (χ1v) is 10.9. The molecule has 2 aromatic rings. The Morgan fingerprint density at radius 3 is 2.40 bits per heavy atom. The molecule has 0 saturated heterocycles. The third kappa shape index (κ3) is 6.44. The fourth-order valence-electron chi connectivity index (χ4n) is 3.19. The summed E-state index contributed by atoms with van der Waals surface area (Å²) in [7, 11) is 0. The molecular formula is C23H27Cl2FN2O2. The van der Waals surface area contributed by atoms with Crippen LogP contribution in [0.25, 0.3) is 0 Å². The lowest BCUT2D eigenvalue weighted by atomic mass is 10.1. The van der Waals surface area contributed by atoms with Gasteiger partial charge < -0.3 is 10.2 Å². The summed E-state index contributed by atoms with van der Waals surface area (Å²) in [5, 5.41) is 3.57. The van der Waals surface area contributed by atoms with E-state index in [-0.39, 0.29) is 35.4 Å². The van der Waals surface area contributed by atoms with Gasteiger partial charge in [0, 0.05) is 28.7 Å². The molecule has 2 amide bonds. The molecule has 0 aliphatic rings. The highest BCUT2D eigenvalue weighted by Gasteiger charge is 2.29. The van der Waals surface area contributed by atoms with E-state index in [1.807, 2.05) is 19.9 Å². The van der Waals surface area contributed by atoms with Crippen molar-refractivity contribution in [2.75, 3.05) is 6.54 Å². The summed E-state index contributed by atoms with van der Waals surface area (Å²) in [5.74, 6) is -1.17. The molecule has 0 saturated carbocycles. The molecule has 0 aliphatic heterocycles. The highest BCUT2D eigenvalue weighted by atomic mass is 35.5. The van der Waals surface area contributed by atoms with Gasteiger partial charge in [-0.1, -0.05) is 67.7 Å². The van der Waals surface area contributed by atoms with Crippen LogP contribution < -0.4 is 5.32 Å². The van der Waals surface area contributed by atoms with Crippen molar-refractivity contribution < 1.29 is 14.0 Å². The van der Waals surface area contributed by atoms with Crippen molar-refractivity contribution in [3.63, 3.8) is 0 Å². The molecule has 4 nitrogen and oxygen atoms in total. The maximum absolute atomic E-state index is 14.3. The van der Waals surface area contributed by atoms with Crippen LogP contribution in [0.5, 0.6) is 0 Å². The standard InChI is InChI=1S/C23H27Cl2FN2O2/c1-3-5-13-27-23(30)21(4-2)28(15-16-9-6-7-10-18(16)24)22(29)14-17-19(25)11-8-12-20(17)26/h6-12,21H,3-5,13-15H2,1-2H3,(H,27,30)/t21-/m0/s1. The largest absolute Gasteiger partial charge is 0.354 e. The van der Waals surface area contributed by atoms with Gasteiger partial charge in [0.15, 0.2) is 0 Å². The molecule has 0 unspecified atom stereocenters. The van der Waals surface area contributed by atoms with Crippen LogP contribution in [0.1, 0.15) is 44.2 Å². The minimum atomic E-state index is -0.698. The molecule has 0 bridgehead atoms. The van der Waals surface area contributed by atoms with Crippen LogP contribution in [0, 0.1) is 5.82 Å². The van der Waals surface area contributed by atoms with E-state index in [4.69, 9.17) is 23.2 Å². The van der Waals surface area contributed by atoms with Gasteiger partial charge in [-0.25, -0.2) is 4.39 Å². The zero-order valence-corrected chi connectivity index (χ0v) is 18.8. The normalized spacial score (nSPS) is 11.8. The van der Waals surface area contributed by atoms with Crippen molar-refractivity contribution in [1.29, 1.82) is 0 Å². The Kier molecular flexibility index (Phi) is 9.60. The predicted molar refractivity (Wildman–Crippen MR) is 119 cm³/mol. The number of carbonyl (C=O) groups is 2. The van der Waals surface area contributed by atoms with E-state index < -0.39 is 11.9 Å². The van der Waals surface area contributed by atoms with E-state index in [1.165, 1.54) is 17.0 Å². The van der Waals surface area contributed by atoms with Crippen LogP contribution >= 0.6 is 23.2 Å².